The number of thiophene rings is 1. The van der Waals surface area contributed by atoms with Gasteiger partial charge in [0.25, 0.3) is 0 Å². The van der Waals surface area contributed by atoms with E-state index in [-0.39, 0.29) is 24.0 Å². The third-order valence-corrected chi connectivity index (χ3v) is 5.88. The minimum absolute atomic E-state index is 0. The third kappa shape index (κ3) is 8.96. The Hall–Kier alpha value is -1.36. The van der Waals surface area contributed by atoms with Crippen LogP contribution in [0.25, 0.3) is 0 Å². The number of hydrogen-bond acceptors (Lipinski definition) is 5. The monoisotopic (exact) mass is 558 g/mol. The van der Waals surface area contributed by atoms with Crippen molar-refractivity contribution in [3.8, 4) is 5.75 Å². The standard InChI is InChI=1S/C23H34N4O2S.HI/c1-3-24-23(25-16-19(2)21-8-15-30-18-21)26-17-20-6-4-5-7-22(20)29-14-11-27-9-12-28-13-10-27;/h4-8,15,18-19H,3,9-14,16-17H2,1-2H3,(H2,24,25,26);1H. The molecule has 0 saturated carbocycles. The summed E-state index contributed by atoms with van der Waals surface area (Å²) in [5.74, 6) is 2.19. The third-order valence-electron chi connectivity index (χ3n) is 5.18. The van der Waals surface area contributed by atoms with Gasteiger partial charge >= 0.3 is 0 Å². The summed E-state index contributed by atoms with van der Waals surface area (Å²) in [6, 6.07) is 10.4. The van der Waals surface area contributed by atoms with E-state index in [9.17, 15) is 0 Å². The van der Waals surface area contributed by atoms with Gasteiger partial charge in [0, 0.05) is 38.3 Å². The van der Waals surface area contributed by atoms with Crippen LogP contribution in [0.4, 0.5) is 0 Å². The Morgan fingerprint density at radius 1 is 1.23 bits per heavy atom. The van der Waals surface area contributed by atoms with E-state index in [1.54, 1.807) is 11.3 Å². The number of nitrogens with one attached hydrogen (secondary N) is 2. The van der Waals surface area contributed by atoms with Gasteiger partial charge in [-0.25, -0.2) is 4.99 Å². The first-order valence-electron chi connectivity index (χ1n) is 10.8. The molecular weight excluding hydrogens is 523 g/mol. The predicted octanol–water partition coefficient (Wildman–Crippen LogP) is 3.94. The van der Waals surface area contributed by atoms with Crippen molar-refractivity contribution in [3.05, 3.63) is 52.2 Å². The van der Waals surface area contributed by atoms with Crippen LogP contribution in [0.5, 0.6) is 5.75 Å². The van der Waals surface area contributed by atoms with E-state index in [1.807, 2.05) is 18.2 Å². The second-order valence-electron chi connectivity index (χ2n) is 7.44. The fraction of sp³-hybridized carbons (Fsp3) is 0.522. The van der Waals surface area contributed by atoms with Gasteiger partial charge in [-0.2, -0.15) is 11.3 Å². The highest BCUT2D eigenvalue weighted by Crippen LogP contribution is 2.19. The zero-order valence-corrected chi connectivity index (χ0v) is 21.7. The normalized spacial score (nSPS) is 15.7. The number of nitrogens with zero attached hydrogens (tertiary/aromatic N) is 2. The number of rotatable bonds is 10. The zero-order chi connectivity index (χ0) is 21.0. The van der Waals surface area contributed by atoms with Crippen LogP contribution < -0.4 is 15.4 Å². The van der Waals surface area contributed by atoms with Crippen molar-refractivity contribution in [1.29, 1.82) is 0 Å². The van der Waals surface area contributed by atoms with Crippen LogP contribution in [0.2, 0.25) is 0 Å². The zero-order valence-electron chi connectivity index (χ0n) is 18.5. The molecule has 172 valence electrons. The van der Waals surface area contributed by atoms with E-state index in [0.717, 1.165) is 63.2 Å². The van der Waals surface area contributed by atoms with Gasteiger partial charge in [0.15, 0.2) is 5.96 Å². The van der Waals surface area contributed by atoms with Gasteiger partial charge in [0.1, 0.15) is 12.4 Å². The Kier molecular flexibility index (Phi) is 12.2. The molecule has 1 atom stereocenters. The van der Waals surface area contributed by atoms with Crippen molar-refractivity contribution in [3.63, 3.8) is 0 Å². The largest absolute Gasteiger partial charge is 0.492 e. The number of ether oxygens (including phenoxy) is 2. The molecule has 0 spiro atoms. The van der Waals surface area contributed by atoms with Crippen molar-refractivity contribution in [1.82, 2.24) is 15.5 Å². The van der Waals surface area contributed by atoms with Crippen molar-refractivity contribution < 1.29 is 9.47 Å². The number of guanidine groups is 1. The lowest BCUT2D eigenvalue weighted by atomic mass is 10.1. The molecule has 1 aromatic carbocycles. The lowest BCUT2D eigenvalue weighted by molar-refractivity contribution is 0.0322. The number of hydrogen-bond donors (Lipinski definition) is 2. The van der Waals surface area contributed by atoms with Crippen LogP contribution >= 0.6 is 35.3 Å². The average Bonchev–Trinajstić information content (AvgIpc) is 3.32. The molecule has 1 saturated heterocycles. The summed E-state index contributed by atoms with van der Waals surface area (Å²) < 4.78 is 11.5. The minimum Gasteiger partial charge on any atom is -0.492 e. The quantitative estimate of drug-likeness (QED) is 0.263. The van der Waals surface area contributed by atoms with Gasteiger partial charge in [-0.3, -0.25) is 4.90 Å². The van der Waals surface area contributed by atoms with Crippen molar-refractivity contribution in [2.75, 3.05) is 52.5 Å². The van der Waals surface area contributed by atoms with E-state index in [0.29, 0.717) is 19.1 Å². The van der Waals surface area contributed by atoms with Crippen LogP contribution in [-0.4, -0.2) is 63.4 Å². The van der Waals surface area contributed by atoms with Gasteiger partial charge < -0.3 is 20.1 Å². The van der Waals surface area contributed by atoms with Gasteiger partial charge in [0.2, 0.25) is 0 Å². The van der Waals surface area contributed by atoms with Crippen LogP contribution in [0.15, 0.2) is 46.1 Å². The number of morpholine rings is 1. The molecule has 0 amide bonds. The highest BCUT2D eigenvalue weighted by molar-refractivity contribution is 14.0. The van der Waals surface area contributed by atoms with Crippen LogP contribution in [0.3, 0.4) is 0 Å². The van der Waals surface area contributed by atoms with Gasteiger partial charge in [-0.05, 0) is 41.3 Å². The molecule has 2 aromatic rings. The lowest BCUT2D eigenvalue weighted by Gasteiger charge is -2.26. The molecule has 2 heterocycles. The Morgan fingerprint density at radius 3 is 2.77 bits per heavy atom. The first-order valence-corrected chi connectivity index (χ1v) is 11.8. The van der Waals surface area contributed by atoms with Gasteiger partial charge in [-0.15, -0.1) is 24.0 Å². The molecule has 0 aliphatic carbocycles. The second-order valence-corrected chi connectivity index (χ2v) is 8.22. The Labute approximate surface area is 207 Å². The minimum atomic E-state index is 0. The fourth-order valence-corrected chi connectivity index (χ4v) is 4.10. The summed E-state index contributed by atoms with van der Waals surface area (Å²) in [7, 11) is 0. The SMILES string of the molecule is CCNC(=NCc1ccccc1OCCN1CCOCC1)NCC(C)c1ccsc1.I. The van der Waals surface area contributed by atoms with Gasteiger partial charge in [-0.1, -0.05) is 25.1 Å². The molecule has 8 heteroatoms. The van der Waals surface area contributed by atoms with E-state index < -0.39 is 0 Å². The Balaban J connectivity index is 0.00000341. The lowest BCUT2D eigenvalue weighted by Crippen LogP contribution is -2.39. The Morgan fingerprint density at radius 2 is 2.03 bits per heavy atom. The number of halogens is 1. The average molecular weight is 559 g/mol. The molecule has 2 N–H and O–H groups in total. The highest BCUT2D eigenvalue weighted by atomic mass is 127. The molecule has 1 aliphatic heterocycles. The van der Waals surface area contributed by atoms with E-state index >= 15 is 0 Å². The maximum atomic E-state index is 6.09. The Bertz CT molecular complexity index is 767. The molecule has 1 fully saturated rings. The molecule has 0 bridgehead atoms. The highest BCUT2D eigenvalue weighted by Gasteiger charge is 2.11. The van der Waals surface area contributed by atoms with E-state index in [4.69, 9.17) is 14.5 Å². The van der Waals surface area contributed by atoms with Crippen LogP contribution in [0, 0.1) is 0 Å². The summed E-state index contributed by atoms with van der Waals surface area (Å²) in [5, 5.41) is 11.1. The second kappa shape index (κ2) is 14.7. The first kappa shape index (κ1) is 25.9. The molecule has 1 aromatic heterocycles. The molecular formula is C23H35IN4O2S. The molecule has 31 heavy (non-hydrogen) atoms. The number of benzene rings is 1. The summed E-state index contributed by atoms with van der Waals surface area (Å²) in [6.07, 6.45) is 0. The maximum absolute atomic E-state index is 6.09. The molecule has 6 nitrogen and oxygen atoms in total. The van der Waals surface area contributed by atoms with Gasteiger partial charge in [0.05, 0.1) is 19.8 Å². The number of aliphatic imine (C=N–C) groups is 1. The first-order chi connectivity index (χ1) is 14.8. The summed E-state index contributed by atoms with van der Waals surface area (Å²) >= 11 is 1.74. The van der Waals surface area contributed by atoms with Crippen LogP contribution in [-0.2, 0) is 11.3 Å². The molecule has 1 aliphatic rings. The van der Waals surface area contributed by atoms with Crippen LogP contribution in [0.1, 0.15) is 30.9 Å². The van der Waals surface area contributed by atoms with E-state index in [1.165, 1.54) is 5.56 Å². The molecule has 3 rings (SSSR count). The van der Waals surface area contributed by atoms with Crippen molar-refractivity contribution in [2.24, 2.45) is 4.99 Å². The number of para-hydroxylation sites is 1. The summed E-state index contributed by atoms with van der Waals surface area (Å²) in [5.41, 5.74) is 2.46. The van der Waals surface area contributed by atoms with E-state index in [2.05, 4.69) is 52.3 Å². The maximum Gasteiger partial charge on any atom is 0.191 e. The summed E-state index contributed by atoms with van der Waals surface area (Å²) in [6.45, 7) is 11.8. The summed E-state index contributed by atoms with van der Waals surface area (Å²) in [4.78, 5) is 7.17. The van der Waals surface area contributed by atoms with Crippen molar-refractivity contribution in [2.45, 2.75) is 26.3 Å². The smallest absolute Gasteiger partial charge is 0.191 e. The van der Waals surface area contributed by atoms with Crippen molar-refractivity contribution >= 4 is 41.3 Å². The molecule has 0 radical (unpaired) electrons. The topological polar surface area (TPSA) is 58.1 Å². The molecule has 1 unspecified atom stereocenters. The predicted molar refractivity (Wildman–Crippen MR) is 140 cm³/mol. The fourth-order valence-electron chi connectivity index (χ4n) is 3.31.